The fraction of sp³-hybridized carbons (Fsp3) is 0.241. The third-order valence-electron chi connectivity index (χ3n) is 6.51. The molecule has 1 aliphatic heterocycles. The predicted octanol–water partition coefficient (Wildman–Crippen LogP) is 8.12. The highest BCUT2D eigenvalue weighted by Crippen LogP contribution is 2.46. The molecule has 2 heterocycles. The Bertz CT molecular complexity index is 1500. The van der Waals surface area contributed by atoms with Gasteiger partial charge < -0.3 is 19.1 Å². The Balaban J connectivity index is 1.55. The topological polar surface area (TPSA) is 59.4 Å². The maximum atomic E-state index is 6.80. The Morgan fingerprint density at radius 2 is 1.57 bits per heavy atom. The van der Waals surface area contributed by atoms with E-state index in [4.69, 9.17) is 59.1 Å². The molecule has 1 unspecified atom stereocenters. The maximum Gasteiger partial charge on any atom is 0.203 e. The van der Waals surface area contributed by atoms with Crippen molar-refractivity contribution in [1.82, 2.24) is 4.98 Å². The second-order valence-electron chi connectivity index (χ2n) is 9.15. The number of halogens is 3. The van der Waals surface area contributed by atoms with Gasteiger partial charge in [0.2, 0.25) is 5.75 Å². The first-order chi connectivity index (χ1) is 19.3. The summed E-state index contributed by atoms with van der Waals surface area (Å²) in [6.45, 7) is 0.704. The van der Waals surface area contributed by atoms with Gasteiger partial charge in [0.1, 0.15) is 5.15 Å². The van der Waals surface area contributed by atoms with Crippen LogP contribution in [0.1, 0.15) is 28.5 Å². The van der Waals surface area contributed by atoms with Crippen LogP contribution in [0.2, 0.25) is 15.2 Å². The number of nitrogens with zero attached hydrogens (tertiary/aromatic N) is 4. The zero-order valence-corrected chi connectivity index (χ0v) is 25.4. The lowest BCUT2D eigenvalue weighted by molar-refractivity contribution is 0.324. The van der Waals surface area contributed by atoms with Crippen LogP contribution < -0.4 is 24.1 Å². The Morgan fingerprint density at radius 1 is 0.925 bits per heavy atom. The zero-order valence-electron chi connectivity index (χ0n) is 22.3. The maximum absolute atomic E-state index is 6.80. The summed E-state index contributed by atoms with van der Waals surface area (Å²) in [5.41, 5.74) is 3.57. The van der Waals surface area contributed by atoms with Crippen molar-refractivity contribution in [2.45, 2.75) is 19.0 Å². The van der Waals surface area contributed by atoms with Gasteiger partial charge >= 0.3 is 0 Å². The van der Waals surface area contributed by atoms with E-state index in [1.165, 1.54) is 5.56 Å². The van der Waals surface area contributed by atoms with Crippen molar-refractivity contribution in [2.75, 3.05) is 38.3 Å². The molecule has 0 radical (unpaired) electrons. The van der Waals surface area contributed by atoms with Crippen molar-refractivity contribution in [2.24, 2.45) is 5.10 Å². The Kier molecular flexibility index (Phi) is 8.61. The quantitative estimate of drug-likeness (QED) is 0.189. The average Bonchev–Trinajstić information content (AvgIpc) is 3.56. The molecule has 0 fully saturated rings. The van der Waals surface area contributed by atoms with Crippen LogP contribution in [0.25, 0.3) is 0 Å². The summed E-state index contributed by atoms with van der Waals surface area (Å²) < 4.78 is 16.7. The van der Waals surface area contributed by atoms with Crippen LogP contribution in [0.5, 0.6) is 17.2 Å². The summed E-state index contributed by atoms with van der Waals surface area (Å²) in [4.78, 5) is 7.69. The Hall–Kier alpha value is -3.17. The predicted molar refractivity (Wildman–Crippen MR) is 165 cm³/mol. The standard InChI is InChI=1S/C29H27Cl3N4O3S/c1-35(16-17-8-6-5-7-9-17)29-33-28(32)27(40-29)23-15-22(34-36(23)21-13-19(30)12-20(31)14-21)18-10-24(37-2)26(39-4)25(11-18)38-3/h5-14,23H,15-16H2,1-4H3. The molecule has 5 rings (SSSR count). The van der Waals surface area contributed by atoms with E-state index >= 15 is 0 Å². The fourth-order valence-corrected chi connectivity index (χ4v) is 6.53. The second-order valence-corrected chi connectivity index (χ2v) is 11.4. The SMILES string of the molecule is COc1cc(C2=NN(c3cc(Cl)cc(Cl)c3)C(c3sc(N(C)Cc4ccccc4)nc3Cl)C2)cc(OC)c1OC. The molecule has 4 aromatic rings. The summed E-state index contributed by atoms with van der Waals surface area (Å²) in [5.74, 6) is 1.60. The van der Waals surface area contributed by atoms with E-state index in [2.05, 4.69) is 17.0 Å². The molecule has 7 nitrogen and oxygen atoms in total. The van der Waals surface area contributed by atoms with Crippen molar-refractivity contribution >= 4 is 62.7 Å². The average molecular weight is 618 g/mol. The first kappa shape index (κ1) is 28.4. The van der Waals surface area contributed by atoms with Gasteiger partial charge in [0, 0.05) is 35.6 Å². The smallest absolute Gasteiger partial charge is 0.203 e. The molecule has 1 atom stereocenters. The van der Waals surface area contributed by atoms with Crippen LogP contribution in [0.3, 0.4) is 0 Å². The number of hydrazone groups is 1. The molecule has 0 N–H and O–H groups in total. The van der Waals surface area contributed by atoms with Crippen molar-refractivity contribution in [3.8, 4) is 17.2 Å². The van der Waals surface area contributed by atoms with E-state index in [9.17, 15) is 0 Å². The minimum atomic E-state index is -0.243. The second kappa shape index (κ2) is 12.1. The number of benzene rings is 3. The lowest BCUT2D eigenvalue weighted by atomic mass is 10.0. The summed E-state index contributed by atoms with van der Waals surface area (Å²) in [5, 5.41) is 9.19. The number of hydrogen-bond acceptors (Lipinski definition) is 8. The first-order valence-electron chi connectivity index (χ1n) is 12.4. The minimum Gasteiger partial charge on any atom is -0.493 e. The van der Waals surface area contributed by atoms with Gasteiger partial charge in [-0.15, -0.1) is 0 Å². The van der Waals surface area contributed by atoms with Gasteiger partial charge in [0.25, 0.3) is 0 Å². The van der Waals surface area contributed by atoms with Crippen molar-refractivity contribution in [1.29, 1.82) is 0 Å². The fourth-order valence-electron chi connectivity index (χ4n) is 4.64. The first-order valence-corrected chi connectivity index (χ1v) is 14.3. The highest BCUT2D eigenvalue weighted by molar-refractivity contribution is 7.16. The summed E-state index contributed by atoms with van der Waals surface area (Å²) in [6.07, 6.45) is 0.548. The van der Waals surface area contributed by atoms with Crippen LogP contribution >= 0.6 is 46.1 Å². The number of hydrogen-bond donors (Lipinski definition) is 0. The molecule has 0 saturated carbocycles. The van der Waals surface area contributed by atoms with Crippen LogP contribution in [0, 0.1) is 0 Å². The molecule has 0 spiro atoms. The van der Waals surface area contributed by atoms with Crippen LogP contribution in [0.15, 0.2) is 65.8 Å². The molecule has 3 aromatic carbocycles. The van der Waals surface area contributed by atoms with Crippen LogP contribution in [-0.2, 0) is 6.54 Å². The van der Waals surface area contributed by atoms with Gasteiger partial charge in [-0.2, -0.15) is 5.10 Å². The van der Waals surface area contributed by atoms with Crippen molar-refractivity contribution < 1.29 is 14.2 Å². The van der Waals surface area contributed by atoms with E-state index in [0.717, 1.165) is 27.0 Å². The van der Waals surface area contributed by atoms with E-state index in [-0.39, 0.29) is 6.04 Å². The molecule has 0 aliphatic carbocycles. The summed E-state index contributed by atoms with van der Waals surface area (Å²) in [6, 6.07) is 19.1. The number of anilines is 2. The van der Waals surface area contributed by atoms with E-state index in [1.807, 2.05) is 54.5 Å². The van der Waals surface area contributed by atoms with Gasteiger partial charge in [0.15, 0.2) is 16.6 Å². The van der Waals surface area contributed by atoms with Gasteiger partial charge in [-0.05, 0) is 35.9 Å². The summed E-state index contributed by atoms with van der Waals surface area (Å²) in [7, 11) is 6.76. The number of aromatic nitrogens is 1. The van der Waals surface area contributed by atoms with Crippen LogP contribution in [0.4, 0.5) is 10.8 Å². The Morgan fingerprint density at radius 3 is 2.17 bits per heavy atom. The highest BCUT2D eigenvalue weighted by atomic mass is 35.5. The molecule has 0 bridgehead atoms. The molecule has 40 heavy (non-hydrogen) atoms. The van der Waals surface area contributed by atoms with E-state index in [1.54, 1.807) is 38.7 Å². The number of ether oxygens (including phenoxy) is 3. The number of methoxy groups -OCH3 is 3. The van der Waals surface area contributed by atoms with Gasteiger partial charge in [-0.3, -0.25) is 5.01 Å². The molecule has 0 saturated heterocycles. The van der Waals surface area contributed by atoms with Crippen LogP contribution in [-0.4, -0.2) is 39.1 Å². The molecule has 1 aromatic heterocycles. The Labute approximate surface area is 252 Å². The molecule has 0 amide bonds. The van der Waals surface area contributed by atoms with E-state index in [0.29, 0.717) is 45.4 Å². The zero-order chi connectivity index (χ0) is 28.4. The largest absolute Gasteiger partial charge is 0.493 e. The molecule has 11 heteroatoms. The van der Waals surface area contributed by atoms with Crippen molar-refractivity contribution in [3.05, 3.63) is 91.9 Å². The molecule has 1 aliphatic rings. The molecular formula is C29H27Cl3N4O3S. The highest BCUT2D eigenvalue weighted by Gasteiger charge is 2.35. The minimum absolute atomic E-state index is 0.243. The third-order valence-corrected chi connectivity index (χ3v) is 8.62. The third kappa shape index (κ3) is 5.81. The number of thiazole rings is 1. The summed E-state index contributed by atoms with van der Waals surface area (Å²) >= 11 is 21.1. The van der Waals surface area contributed by atoms with Crippen molar-refractivity contribution in [3.63, 3.8) is 0 Å². The van der Waals surface area contributed by atoms with Gasteiger partial charge in [-0.1, -0.05) is 76.5 Å². The monoisotopic (exact) mass is 616 g/mol. The number of rotatable bonds is 9. The normalized spacial score (nSPS) is 14.7. The van der Waals surface area contributed by atoms with Gasteiger partial charge in [-0.25, -0.2) is 4.98 Å². The molecule has 208 valence electrons. The molecular weight excluding hydrogens is 591 g/mol. The van der Waals surface area contributed by atoms with E-state index < -0.39 is 0 Å². The van der Waals surface area contributed by atoms with Gasteiger partial charge in [0.05, 0.1) is 43.6 Å². The lowest BCUT2D eigenvalue weighted by Gasteiger charge is -2.23. The lowest BCUT2D eigenvalue weighted by Crippen LogP contribution is -2.18.